The number of halogens is 2. The lowest BCUT2D eigenvalue weighted by Crippen LogP contribution is -2.10. The topological polar surface area (TPSA) is 35.5 Å². The minimum atomic E-state index is -0.554. The molecule has 0 aliphatic rings. The van der Waals surface area contributed by atoms with Crippen molar-refractivity contribution in [2.24, 2.45) is 0 Å². The Balaban J connectivity index is 2.28. The van der Waals surface area contributed by atoms with Crippen LogP contribution in [-0.4, -0.2) is 13.1 Å². The number of para-hydroxylation sites is 1. The summed E-state index contributed by atoms with van der Waals surface area (Å²) in [4.78, 5) is 12.1. The molecule has 0 spiro atoms. The number of hydrogen-bond acceptors (Lipinski definition) is 3. The average Bonchev–Trinajstić information content (AvgIpc) is 2.42. The highest BCUT2D eigenvalue weighted by Gasteiger charge is 2.15. The molecule has 0 unspecified atom stereocenters. The van der Waals surface area contributed by atoms with Gasteiger partial charge in [-0.1, -0.05) is 35.3 Å². The Morgan fingerprint density at radius 2 is 1.79 bits per heavy atom. The third-order valence-electron chi connectivity index (χ3n) is 2.42. The van der Waals surface area contributed by atoms with Crippen LogP contribution in [-0.2, 0) is 0 Å². The van der Waals surface area contributed by atoms with E-state index < -0.39 is 5.97 Å². The van der Waals surface area contributed by atoms with Crippen LogP contribution < -0.4 is 9.47 Å². The van der Waals surface area contributed by atoms with E-state index in [2.05, 4.69) is 0 Å². The largest absolute Gasteiger partial charge is 0.496 e. The molecule has 0 atom stereocenters. The Hall–Kier alpha value is -1.71. The molecular formula is C14H10Cl2O3. The van der Waals surface area contributed by atoms with Crippen LogP contribution in [0.4, 0.5) is 0 Å². The van der Waals surface area contributed by atoms with Crippen molar-refractivity contribution in [1.29, 1.82) is 0 Å². The zero-order chi connectivity index (χ0) is 13.8. The Labute approximate surface area is 120 Å². The lowest BCUT2D eigenvalue weighted by Gasteiger charge is -2.09. The molecule has 0 saturated carbocycles. The molecule has 0 fully saturated rings. The fourth-order valence-corrected chi connectivity index (χ4v) is 1.84. The highest BCUT2D eigenvalue weighted by Crippen LogP contribution is 2.29. The number of rotatable bonds is 3. The predicted molar refractivity (Wildman–Crippen MR) is 74.4 cm³/mol. The zero-order valence-corrected chi connectivity index (χ0v) is 11.5. The van der Waals surface area contributed by atoms with Gasteiger partial charge >= 0.3 is 5.97 Å². The quantitative estimate of drug-likeness (QED) is 0.628. The van der Waals surface area contributed by atoms with Gasteiger partial charge in [0.05, 0.1) is 12.1 Å². The summed E-state index contributed by atoms with van der Waals surface area (Å²) in [6.45, 7) is 0. The first-order valence-electron chi connectivity index (χ1n) is 5.42. The van der Waals surface area contributed by atoms with Crippen LogP contribution in [0.3, 0.4) is 0 Å². The number of esters is 1. The van der Waals surface area contributed by atoms with E-state index in [1.807, 2.05) is 0 Å². The summed E-state index contributed by atoms with van der Waals surface area (Å²) in [6.07, 6.45) is 0. The molecule has 0 saturated heterocycles. The number of hydrogen-bond donors (Lipinski definition) is 0. The van der Waals surface area contributed by atoms with Gasteiger partial charge < -0.3 is 9.47 Å². The third-order valence-corrected chi connectivity index (χ3v) is 2.97. The predicted octanol–water partition coefficient (Wildman–Crippen LogP) is 4.22. The molecule has 0 aliphatic heterocycles. The molecule has 0 aromatic heterocycles. The Kier molecular flexibility index (Phi) is 4.30. The second-order valence-electron chi connectivity index (χ2n) is 3.66. The summed E-state index contributed by atoms with van der Waals surface area (Å²) in [6, 6.07) is 11.4. The van der Waals surface area contributed by atoms with Gasteiger partial charge in [0.2, 0.25) is 0 Å². The maximum absolute atomic E-state index is 12.1. The van der Waals surface area contributed by atoms with Gasteiger partial charge in [-0.15, -0.1) is 0 Å². The fraction of sp³-hybridized carbons (Fsp3) is 0.0714. The highest BCUT2D eigenvalue weighted by atomic mass is 35.5. The molecule has 5 heteroatoms. The van der Waals surface area contributed by atoms with Crippen LogP contribution in [0.15, 0.2) is 42.5 Å². The molecule has 0 radical (unpaired) electrons. The molecule has 3 nitrogen and oxygen atoms in total. The molecule has 19 heavy (non-hydrogen) atoms. The second kappa shape index (κ2) is 5.95. The first kappa shape index (κ1) is 13.7. The Bertz CT molecular complexity index is 611. The van der Waals surface area contributed by atoms with E-state index in [1.165, 1.54) is 13.2 Å². The van der Waals surface area contributed by atoms with E-state index in [4.69, 9.17) is 32.7 Å². The van der Waals surface area contributed by atoms with Gasteiger partial charge in [0, 0.05) is 11.1 Å². The lowest BCUT2D eigenvalue weighted by atomic mass is 10.2. The van der Waals surface area contributed by atoms with Crippen LogP contribution in [0.5, 0.6) is 11.5 Å². The summed E-state index contributed by atoms with van der Waals surface area (Å²) < 4.78 is 10.3. The summed E-state index contributed by atoms with van der Waals surface area (Å²) >= 11 is 11.8. The normalized spacial score (nSPS) is 10.1. The van der Waals surface area contributed by atoms with Crippen molar-refractivity contribution in [3.63, 3.8) is 0 Å². The Morgan fingerprint density at radius 3 is 2.53 bits per heavy atom. The van der Waals surface area contributed by atoms with Gasteiger partial charge in [-0.3, -0.25) is 0 Å². The van der Waals surface area contributed by atoms with Crippen LogP contribution in [0.2, 0.25) is 10.0 Å². The molecule has 0 N–H and O–H groups in total. The molecule has 0 aliphatic carbocycles. The third kappa shape index (κ3) is 3.19. The second-order valence-corrected chi connectivity index (χ2v) is 4.51. The number of benzene rings is 2. The first-order chi connectivity index (χ1) is 9.11. The van der Waals surface area contributed by atoms with E-state index in [0.29, 0.717) is 21.4 Å². The lowest BCUT2D eigenvalue weighted by molar-refractivity contribution is 0.0731. The molecule has 2 aromatic rings. The SMILES string of the molecule is COc1ccccc1C(=O)Oc1cc(Cl)ccc1Cl. The molecular weight excluding hydrogens is 287 g/mol. The van der Waals surface area contributed by atoms with Gasteiger partial charge in [-0.25, -0.2) is 4.79 Å². The van der Waals surface area contributed by atoms with Crippen molar-refractivity contribution in [3.05, 3.63) is 58.1 Å². The van der Waals surface area contributed by atoms with Gasteiger partial charge in [0.15, 0.2) is 5.75 Å². The smallest absolute Gasteiger partial charge is 0.347 e. The number of carbonyl (C=O) groups is 1. The minimum Gasteiger partial charge on any atom is -0.496 e. The first-order valence-corrected chi connectivity index (χ1v) is 6.17. The van der Waals surface area contributed by atoms with Crippen molar-refractivity contribution >= 4 is 29.2 Å². The van der Waals surface area contributed by atoms with Crippen molar-refractivity contribution in [3.8, 4) is 11.5 Å². The maximum Gasteiger partial charge on any atom is 0.347 e. The monoisotopic (exact) mass is 296 g/mol. The summed E-state index contributed by atoms with van der Waals surface area (Å²) in [5.41, 5.74) is 0.320. The minimum absolute atomic E-state index is 0.213. The van der Waals surface area contributed by atoms with E-state index in [-0.39, 0.29) is 5.75 Å². The van der Waals surface area contributed by atoms with E-state index >= 15 is 0 Å². The maximum atomic E-state index is 12.1. The van der Waals surface area contributed by atoms with E-state index in [0.717, 1.165) is 0 Å². The van der Waals surface area contributed by atoms with Gasteiger partial charge in [0.25, 0.3) is 0 Å². The highest BCUT2D eigenvalue weighted by molar-refractivity contribution is 6.34. The van der Waals surface area contributed by atoms with Crippen molar-refractivity contribution < 1.29 is 14.3 Å². The van der Waals surface area contributed by atoms with Crippen LogP contribution >= 0.6 is 23.2 Å². The van der Waals surface area contributed by atoms with E-state index in [1.54, 1.807) is 36.4 Å². The summed E-state index contributed by atoms with van der Waals surface area (Å²) in [5.74, 6) is 0.0948. The number of methoxy groups -OCH3 is 1. The summed E-state index contributed by atoms with van der Waals surface area (Å²) in [5, 5.41) is 0.750. The van der Waals surface area contributed by atoms with Crippen LogP contribution in [0.1, 0.15) is 10.4 Å². The van der Waals surface area contributed by atoms with Crippen LogP contribution in [0.25, 0.3) is 0 Å². The van der Waals surface area contributed by atoms with Gasteiger partial charge in [-0.05, 0) is 24.3 Å². The average molecular weight is 297 g/mol. The number of carbonyl (C=O) groups excluding carboxylic acids is 1. The van der Waals surface area contributed by atoms with Crippen molar-refractivity contribution in [1.82, 2.24) is 0 Å². The molecule has 2 rings (SSSR count). The molecule has 0 bridgehead atoms. The standard InChI is InChI=1S/C14H10Cl2O3/c1-18-12-5-3-2-4-10(12)14(17)19-13-8-9(15)6-7-11(13)16/h2-8H,1H3. The van der Waals surface area contributed by atoms with Gasteiger partial charge in [0.1, 0.15) is 11.3 Å². The van der Waals surface area contributed by atoms with E-state index in [9.17, 15) is 4.79 Å². The number of ether oxygens (including phenoxy) is 2. The van der Waals surface area contributed by atoms with Crippen molar-refractivity contribution in [2.75, 3.05) is 7.11 Å². The molecule has 2 aromatic carbocycles. The fourth-order valence-electron chi connectivity index (χ4n) is 1.52. The molecule has 0 amide bonds. The zero-order valence-electron chi connectivity index (χ0n) is 10.0. The van der Waals surface area contributed by atoms with Crippen LogP contribution in [0, 0.1) is 0 Å². The molecule has 98 valence electrons. The van der Waals surface area contributed by atoms with Crippen molar-refractivity contribution in [2.45, 2.75) is 0 Å². The van der Waals surface area contributed by atoms with Gasteiger partial charge in [-0.2, -0.15) is 0 Å². The Morgan fingerprint density at radius 1 is 1.05 bits per heavy atom. The summed E-state index contributed by atoms with van der Waals surface area (Å²) in [7, 11) is 1.48. The molecule has 0 heterocycles.